The molecule has 0 bridgehead atoms. The molecule has 0 radical (unpaired) electrons. The molecular formula is C17H23NO5. The molecule has 2 saturated heterocycles. The molecule has 0 unspecified atom stereocenters. The fourth-order valence-corrected chi connectivity index (χ4v) is 3.67. The van der Waals surface area contributed by atoms with Gasteiger partial charge in [-0.05, 0) is 30.0 Å². The highest BCUT2D eigenvalue weighted by molar-refractivity contribution is 5.76. The summed E-state index contributed by atoms with van der Waals surface area (Å²) >= 11 is 0. The van der Waals surface area contributed by atoms with Gasteiger partial charge in [-0.15, -0.1) is 0 Å². The van der Waals surface area contributed by atoms with Gasteiger partial charge in [-0.3, -0.25) is 9.69 Å². The maximum atomic E-state index is 11.8. The van der Waals surface area contributed by atoms with Gasteiger partial charge in [0.25, 0.3) is 0 Å². The molecule has 6 heteroatoms. The van der Waals surface area contributed by atoms with Crippen molar-refractivity contribution in [3.05, 3.63) is 29.8 Å². The van der Waals surface area contributed by atoms with Crippen LogP contribution in [0.2, 0.25) is 0 Å². The molecular weight excluding hydrogens is 298 g/mol. The molecule has 3 rings (SSSR count). The summed E-state index contributed by atoms with van der Waals surface area (Å²) in [4.78, 5) is 14.0. The van der Waals surface area contributed by atoms with E-state index in [9.17, 15) is 9.90 Å². The smallest absolute Gasteiger partial charge is 0.313 e. The van der Waals surface area contributed by atoms with Gasteiger partial charge in [-0.25, -0.2) is 0 Å². The van der Waals surface area contributed by atoms with Crippen LogP contribution < -0.4 is 4.74 Å². The molecule has 1 aromatic carbocycles. The Morgan fingerprint density at radius 1 is 1.48 bits per heavy atom. The number of hydrogen-bond donors (Lipinski definition) is 2. The molecule has 0 saturated carbocycles. The van der Waals surface area contributed by atoms with Crippen LogP contribution in [0.3, 0.4) is 0 Å². The van der Waals surface area contributed by atoms with Crippen LogP contribution >= 0.6 is 0 Å². The fraction of sp³-hybridized carbons (Fsp3) is 0.588. The van der Waals surface area contributed by atoms with E-state index in [-0.39, 0.29) is 19.1 Å². The predicted molar refractivity (Wildman–Crippen MR) is 83.3 cm³/mol. The first-order chi connectivity index (χ1) is 11.1. The SMILES string of the molecule is O=C(O)[C@]12COCC[C@H]1CN(Cc1cccc(OCCO)c1)C2. The highest BCUT2D eigenvalue weighted by atomic mass is 16.5. The lowest BCUT2D eigenvalue weighted by Gasteiger charge is -2.34. The van der Waals surface area contributed by atoms with Gasteiger partial charge in [0.2, 0.25) is 0 Å². The van der Waals surface area contributed by atoms with Crippen molar-refractivity contribution in [1.82, 2.24) is 4.90 Å². The predicted octanol–water partition coefficient (Wildman–Crippen LogP) is 0.981. The monoisotopic (exact) mass is 321 g/mol. The van der Waals surface area contributed by atoms with Gasteiger partial charge in [-0.2, -0.15) is 0 Å². The molecule has 2 N–H and O–H groups in total. The standard InChI is InChI=1S/C17H23NO5/c19-5-7-23-15-3-1-2-13(8-15)9-18-10-14-4-6-22-12-17(14,11-18)16(20)21/h1-3,8,14,19H,4-7,9-12H2,(H,20,21)/t14-,17+/m0/s1. The van der Waals surface area contributed by atoms with E-state index in [0.717, 1.165) is 24.3 Å². The van der Waals surface area contributed by atoms with Crippen molar-refractivity contribution in [2.75, 3.05) is 39.5 Å². The van der Waals surface area contributed by atoms with Crippen molar-refractivity contribution >= 4 is 5.97 Å². The number of rotatable bonds is 6. The topological polar surface area (TPSA) is 79.2 Å². The summed E-state index contributed by atoms with van der Waals surface area (Å²) in [5, 5.41) is 18.5. The van der Waals surface area contributed by atoms with Crippen LogP contribution in [0, 0.1) is 11.3 Å². The number of hydrogen-bond acceptors (Lipinski definition) is 5. The largest absolute Gasteiger partial charge is 0.491 e. The maximum absolute atomic E-state index is 11.8. The number of aliphatic carboxylic acids is 1. The molecule has 23 heavy (non-hydrogen) atoms. The number of carbonyl (C=O) groups is 1. The summed E-state index contributed by atoms with van der Waals surface area (Å²) in [6.45, 7) is 3.23. The number of nitrogens with zero attached hydrogens (tertiary/aromatic N) is 1. The van der Waals surface area contributed by atoms with E-state index >= 15 is 0 Å². The van der Waals surface area contributed by atoms with Crippen LogP contribution in [0.15, 0.2) is 24.3 Å². The summed E-state index contributed by atoms with van der Waals surface area (Å²) in [6.07, 6.45) is 0.808. The second-order valence-electron chi connectivity index (χ2n) is 6.39. The molecule has 2 fully saturated rings. The number of ether oxygens (including phenoxy) is 2. The zero-order valence-corrected chi connectivity index (χ0v) is 13.1. The number of likely N-dealkylation sites (tertiary alicyclic amines) is 1. The van der Waals surface area contributed by atoms with Crippen molar-refractivity contribution in [2.45, 2.75) is 13.0 Å². The number of carboxylic acids is 1. The molecule has 0 aromatic heterocycles. The molecule has 0 spiro atoms. The van der Waals surface area contributed by atoms with E-state index in [1.807, 2.05) is 24.3 Å². The Kier molecular flexibility index (Phi) is 4.84. The third-order valence-corrected chi connectivity index (χ3v) is 4.83. The fourth-order valence-electron chi connectivity index (χ4n) is 3.67. The first-order valence-electron chi connectivity index (χ1n) is 8.00. The minimum absolute atomic E-state index is 0.0147. The van der Waals surface area contributed by atoms with Crippen LogP contribution in [0.4, 0.5) is 0 Å². The summed E-state index contributed by atoms with van der Waals surface area (Å²) < 4.78 is 10.9. The van der Waals surface area contributed by atoms with E-state index < -0.39 is 11.4 Å². The van der Waals surface area contributed by atoms with E-state index in [0.29, 0.717) is 26.3 Å². The Balaban J connectivity index is 1.68. The average Bonchev–Trinajstić information content (AvgIpc) is 2.92. The van der Waals surface area contributed by atoms with Gasteiger partial charge in [0.1, 0.15) is 17.8 Å². The zero-order chi connectivity index (χ0) is 16.3. The molecule has 2 aliphatic heterocycles. The van der Waals surface area contributed by atoms with Crippen LogP contribution in [0.1, 0.15) is 12.0 Å². The van der Waals surface area contributed by atoms with E-state index in [1.165, 1.54) is 0 Å². The van der Waals surface area contributed by atoms with Crippen LogP contribution in [0.5, 0.6) is 5.75 Å². The van der Waals surface area contributed by atoms with Crippen LogP contribution in [0.25, 0.3) is 0 Å². The summed E-state index contributed by atoms with van der Waals surface area (Å²) in [5.41, 5.74) is 0.323. The Labute approximate surface area is 135 Å². The second-order valence-corrected chi connectivity index (χ2v) is 6.39. The number of carboxylic acid groups (broad SMARTS) is 1. The number of aliphatic hydroxyl groups is 1. The number of aliphatic hydroxyl groups excluding tert-OH is 1. The van der Waals surface area contributed by atoms with Gasteiger partial charge in [-0.1, -0.05) is 12.1 Å². The Morgan fingerprint density at radius 2 is 2.35 bits per heavy atom. The van der Waals surface area contributed by atoms with Crippen molar-refractivity contribution in [3.63, 3.8) is 0 Å². The second kappa shape index (κ2) is 6.86. The first-order valence-corrected chi connectivity index (χ1v) is 8.00. The minimum Gasteiger partial charge on any atom is -0.491 e. The molecule has 6 nitrogen and oxygen atoms in total. The third-order valence-electron chi connectivity index (χ3n) is 4.83. The summed E-state index contributed by atoms with van der Waals surface area (Å²) in [6, 6.07) is 7.73. The Morgan fingerprint density at radius 3 is 3.09 bits per heavy atom. The quantitative estimate of drug-likeness (QED) is 0.813. The lowest BCUT2D eigenvalue weighted by molar-refractivity contribution is -0.159. The van der Waals surface area contributed by atoms with Crippen molar-refractivity contribution in [2.24, 2.45) is 11.3 Å². The normalized spacial score (nSPS) is 27.6. The van der Waals surface area contributed by atoms with Crippen molar-refractivity contribution in [1.29, 1.82) is 0 Å². The van der Waals surface area contributed by atoms with Gasteiger partial charge >= 0.3 is 5.97 Å². The zero-order valence-electron chi connectivity index (χ0n) is 13.1. The van der Waals surface area contributed by atoms with E-state index in [4.69, 9.17) is 14.6 Å². The van der Waals surface area contributed by atoms with Gasteiger partial charge < -0.3 is 19.7 Å². The third kappa shape index (κ3) is 3.34. The summed E-state index contributed by atoms with van der Waals surface area (Å²) in [5.74, 6) is 0.136. The van der Waals surface area contributed by atoms with E-state index in [2.05, 4.69) is 4.90 Å². The molecule has 2 heterocycles. The van der Waals surface area contributed by atoms with Crippen LogP contribution in [-0.4, -0.2) is 60.6 Å². The highest BCUT2D eigenvalue weighted by Crippen LogP contribution is 2.42. The maximum Gasteiger partial charge on any atom is 0.313 e. The molecule has 2 atom stereocenters. The van der Waals surface area contributed by atoms with Crippen LogP contribution in [-0.2, 0) is 16.1 Å². The molecule has 2 aliphatic rings. The molecule has 0 amide bonds. The molecule has 126 valence electrons. The molecule has 0 aliphatic carbocycles. The Bertz CT molecular complexity index is 564. The number of fused-ring (bicyclic) bond motifs is 1. The van der Waals surface area contributed by atoms with Gasteiger partial charge in [0.15, 0.2) is 0 Å². The lowest BCUT2D eigenvalue weighted by atomic mass is 9.76. The number of benzene rings is 1. The van der Waals surface area contributed by atoms with Gasteiger partial charge in [0.05, 0.1) is 13.2 Å². The average molecular weight is 321 g/mol. The first kappa shape index (κ1) is 16.2. The minimum atomic E-state index is -0.761. The van der Waals surface area contributed by atoms with Crippen molar-refractivity contribution in [3.8, 4) is 5.75 Å². The summed E-state index contributed by atoms with van der Waals surface area (Å²) in [7, 11) is 0. The van der Waals surface area contributed by atoms with E-state index in [1.54, 1.807) is 0 Å². The van der Waals surface area contributed by atoms with Gasteiger partial charge in [0, 0.05) is 26.2 Å². The lowest BCUT2D eigenvalue weighted by Crippen LogP contribution is -2.46. The van der Waals surface area contributed by atoms with Crippen molar-refractivity contribution < 1.29 is 24.5 Å². The Hall–Kier alpha value is -1.63. The highest BCUT2D eigenvalue weighted by Gasteiger charge is 2.53. The molecule has 1 aromatic rings.